The summed E-state index contributed by atoms with van der Waals surface area (Å²) in [5.74, 6) is 0.980. The lowest BCUT2D eigenvalue weighted by molar-refractivity contribution is 0.0698. The number of hydrogen-bond acceptors (Lipinski definition) is 5. The van der Waals surface area contributed by atoms with Gasteiger partial charge in [-0.3, -0.25) is 4.79 Å². The minimum Gasteiger partial charge on any atom is -0.420 e. The predicted molar refractivity (Wildman–Crippen MR) is 102 cm³/mol. The van der Waals surface area contributed by atoms with Crippen molar-refractivity contribution >= 4 is 40.4 Å². The molecule has 1 unspecified atom stereocenters. The summed E-state index contributed by atoms with van der Waals surface area (Å²) < 4.78 is 5.84. The molecule has 1 fully saturated rings. The van der Waals surface area contributed by atoms with Crippen LogP contribution in [-0.2, 0) is 0 Å². The van der Waals surface area contributed by atoms with Crippen molar-refractivity contribution in [1.29, 1.82) is 0 Å². The second-order valence-corrected chi connectivity index (χ2v) is 7.80. The highest BCUT2D eigenvalue weighted by molar-refractivity contribution is 7.08. The van der Waals surface area contributed by atoms with Crippen LogP contribution in [0.2, 0.25) is 10.0 Å². The molecule has 5 nitrogen and oxygen atoms in total. The minimum atomic E-state index is -0.125. The molecule has 2 aromatic heterocycles. The van der Waals surface area contributed by atoms with Crippen molar-refractivity contribution < 1.29 is 9.21 Å². The Morgan fingerprint density at radius 3 is 2.96 bits per heavy atom. The number of rotatable bonds is 3. The fraction of sp³-hybridized carbons (Fsp3) is 0.278. The molecule has 0 radical (unpaired) electrons. The molecule has 1 aliphatic rings. The van der Waals surface area contributed by atoms with E-state index in [4.69, 9.17) is 27.6 Å². The average molecular weight is 408 g/mol. The molecular weight excluding hydrogens is 393 g/mol. The first-order chi connectivity index (χ1) is 12.6. The van der Waals surface area contributed by atoms with Gasteiger partial charge in [0.2, 0.25) is 11.8 Å². The van der Waals surface area contributed by atoms with Gasteiger partial charge >= 0.3 is 0 Å². The minimum absolute atomic E-state index is 0.0190. The Hall–Kier alpha value is -1.89. The predicted octanol–water partition coefficient (Wildman–Crippen LogP) is 5.12. The standard InChI is InChI=1S/C18H15Cl2N3O2S/c19-13-3-4-15(20)14(8-13)18(24)23-6-1-2-11(9-23)16-21-22-17(25-16)12-5-7-26-10-12/h3-5,7-8,10-11H,1-2,6,9H2. The van der Waals surface area contributed by atoms with Gasteiger partial charge in [-0.15, -0.1) is 10.2 Å². The number of amides is 1. The van der Waals surface area contributed by atoms with Crippen molar-refractivity contribution in [1.82, 2.24) is 15.1 Å². The summed E-state index contributed by atoms with van der Waals surface area (Å²) in [6, 6.07) is 6.87. The van der Waals surface area contributed by atoms with E-state index in [-0.39, 0.29) is 11.8 Å². The Morgan fingerprint density at radius 1 is 1.27 bits per heavy atom. The van der Waals surface area contributed by atoms with E-state index in [9.17, 15) is 4.79 Å². The first-order valence-electron chi connectivity index (χ1n) is 8.22. The van der Waals surface area contributed by atoms with Crippen LogP contribution < -0.4 is 0 Å². The molecule has 1 aliphatic heterocycles. The molecule has 1 atom stereocenters. The molecule has 0 bridgehead atoms. The van der Waals surface area contributed by atoms with Crippen LogP contribution in [-0.4, -0.2) is 34.1 Å². The fourth-order valence-electron chi connectivity index (χ4n) is 3.10. The number of halogens is 2. The lowest BCUT2D eigenvalue weighted by atomic mass is 9.97. The van der Waals surface area contributed by atoms with E-state index in [1.54, 1.807) is 34.4 Å². The number of carbonyl (C=O) groups excluding carboxylic acids is 1. The number of likely N-dealkylation sites (tertiary alicyclic amines) is 1. The Labute approximate surface area is 164 Å². The quantitative estimate of drug-likeness (QED) is 0.603. The van der Waals surface area contributed by atoms with Gasteiger partial charge in [0.15, 0.2) is 0 Å². The van der Waals surface area contributed by atoms with Crippen LogP contribution in [0.3, 0.4) is 0 Å². The third-order valence-corrected chi connectivity index (χ3v) is 5.67. The highest BCUT2D eigenvalue weighted by Crippen LogP contribution is 2.31. The van der Waals surface area contributed by atoms with Crippen LogP contribution in [0.15, 0.2) is 39.4 Å². The number of benzene rings is 1. The van der Waals surface area contributed by atoms with E-state index < -0.39 is 0 Å². The Bertz CT molecular complexity index is 926. The molecule has 3 aromatic rings. The molecule has 134 valence electrons. The van der Waals surface area contributed by atoms with Crippen LogP contribution in [0.25, 0.3) is 11.5 Å². The fourth-order valence-corrected chi connectivity index (χ4v) is 4.10. The maximum atomic E-state index is 12.9. The lowest BCUT2D eigenvalue weighted by Crippen LogP contribution is -2.39. The number of hydrogen-bond donors (Lipinski definition) is 0. The highest BCUT2D eigenvalue weighted by atomic mass is 35.5. The van der Waals surface area contributed by atoms with Gasteiger partial charge in [0.05, 0.1) is 16.5 Å². The van der Waals surface area contributed by atoms with E-state index in [1.165, 1.54) is 0 Å². The van der Waals surface area contributed by atoms with E-state index in [2.05, 4.69) is 10.2 Å². The van der Waals surface area contributed by atoms with Crippen LogP contribution >= 0.6 is 34.5 Å². The molecule has 0 N–H and O–H groups in total. The van der Waals surface area contributed by atoms with Gasteiger partial charge in [-0.05, 0) is 42.5 Å². The normalized spacial score (nSPS) is 17.5. The average Bonchev–Trinajstić information content (AvgIpc) is 3.34. The molecule has 0 saturated carbocycles. The van der Waals surface area contributed by atoms with Gasteiger partial charge in [0.1, 0.15) is 0 Å². The molecule has 8 heteroatoms. The van der Waals surface area contributed by atoms with Gasteiger partial charge in [-0.1, -0.05) is 23.2 Å². The Kier molecular flexibility index (Phi) is 4.98. The first-order valence-corrected chi connectivity index (χ1v) is 9.92. The topological polar surface area (TPSA) is 59.2 Å². The second kappa shape index (κ2) is 7.39. The zero-order valence-corrected chi connectivity index (χ0v) is 16.0. The van der Waals surface area contributed by atoms with Crippen molar-refractivity contribution in [3.8, 4) is 11.5 Å². The summed E-state index contributed by atoms with van der Waals surface area (Å²) in [7, 11) is 0. The molecular formula is C18H15Cl2N3O2S. The van der Waals surface area contributed by atoms with Crippen molar-refractivity contribution in [3.05, 3.63) is 56.5 Å². The maximum Gasteiger partial charge on any atom is 0.255 e. The highest BCUT2D eigenvalue weighted by Gasteiger charge is 2.30. The number of carbonyl (C=O) groups is 1. The first kappa shape index (κ1) is 17.5. The van der Waals surface area contributed by atoms with E-state index >= 15 is 0 Å². The third-order valence-electron chi connectivity index (χ3n) is 4.43. The van der Waals surface area contributed by atoms with Gasteiger partial charge in [0, 0.05) is 29.1 Å². The number of aromatic nitrogens is 2. The van der Waals surface area contributed by atoms with Crippen LogP contribution in [0.1, 0.15) is 35.0 Å². The van der Waals surface area contributed by atoms with E-state index in [0.717, 1.165) is 18.4 Å². The van der Waals surface area contributed by atoms with Crippen molar-refractivity contribution in [2.24, 2.45) is 0 Å². The zero-order valence-electron chi connectivity index (χ0n) is 13.7. The molecule has 1 saturated heterocycles. The number of nitrogens with zero attached hydrogens (tertiary/aromatic N) is 3. The van der Waals surface area contributed by atoms with Crippen LogP contribution in [0, 0.1) is 0 Å². The summed E-state index contributed by atoms with van der Waals surface area (Å²) in [5, 5.41) is 13.2. The van der Waals surface area contributed by atoms with Crippen LogP contribution in [0.5, 0.6) is 0 Å². The Balaban J connectivity index is 1.52. The molecule has 4 rings (SSSR count). The molecule has 0 aliphatic carbocycles. The van der Waals surface area contributed by atoms with Gasteiger partial charge in [-0.2, -0.15) is 11.3 Å². The Morgan fingerprint density at radius 2 is 2.15 bits per heavy atom. The van der Waals surface area contributed by atoms with Crippen LogP contribution in [0.4, 0.5) is 0 Å². The largest absolute Gasteiger partial charge is 0.420 e. The SMILES string of the molecule is O=C(c1cc(Cl)ccc1Cl)N1CCCC(c2nnc(-c3ccsc3)o2)C1. The molecule has 1 amide bonds. The summed E-state index contributed by atoms with van der Waals surface area (Å²) in [6.07, 6.45) is 1.77. The van der Waals surface area contributed by atoms with Gasteiger partial charge in [0.25, 0.3) is 5.91 Å². The van der Waals surface area contributed by atoms with Crippen molar-refractivity contribution in [2.45, 2.75) is 18.8 Å². The summed E-state index contributed by atoms with van der Waals surface area (Å²) in [5.41, 5.74) is 1.34. The molecule has 26 heavy (non-hydrogen) atoms. The summed E-state index contributed by atoms with van der Waals surface area (Å²) in [6.45, 7) is 1.19. The summed E-state index contributed by atoms with van der Waals surface area (Å²) in [4.78, 5) is 14.6. The molecule has 1 aromatic carbocycles. The van der Waals surface area contributed by atoms with Gasteiger partial charge < -0.3 is 9.32 Å². The molecule has 3 heterocycles. The monoisotopic (exact) mass is 407 g/mol. The number of piperidine rings is 1. The van der Waals surface area contributed by atoms with E-state index in [0.29, 0.717) is 40.5 Å². The summed E-state index contributed by atoms with van der Waals surface area (Å²) >= 11 is 13.8. The third kappa shape index (κ3) is 3.49. The van der Waals surface area contributed by atoms with Gasteiger partial charge in [-0.25, -0.2) is 0 Å². The maximum absolute atomic E-state index is 12.9. The second-order valence-electron chi connectivity index (χ2n) is 6.17. The van der Waals surface area contributed by atoms with Crippen molar-refractivity contribution in [2.75, 3.05) is 13.1 Å². The van der Waals surface area contributed by atoms with Crippen molar-refractivity contribution in [3.63, 3.8) is 0 Å². The van der Waals surface area contributed by atoms with E-state index in [1.807, 2.05) is 16.8 Å². The lowest BCUT2D eigenvalue weighted by Gasteiger charge is -2.31. The molecule has 0 spiro atoms. The smallest absolute Gasteiger partial charge is 0.255 e. The zero-order chi connectivity index (χ0) is 18.1. The number of thiophene rings is 1.